The van der Waals surface area contributed by atoms with Crippen LogP contribution in [0.25, 0.3) is 11.4 Å². The molecule has 1 saturated carbocycles. The topological polar surface area (TPSA) is 59.0 Å². The Hall–Kier alpha value is -3.00. The maximum absolute atomic E-state index is 13.4. The highest BCUT2D eigenvalue weighted by atomic mass is 35.5. The number of nitrogens with zero attached hydrogens (tertiary/aromatic N) is 4. The minimum atomic E-state index is -4.61. The summed E-state index contributed by atoms with van der Waals surface area (Å²) in [5.74, 6) is -0.229. The van der Waals surface area contributed by atoms with Gasteiger partial charge in [0.25, 0.3) is 5.91 Å². The number of aromatic nitrogens is 3. The van der Waals surface area contributed by atoms with Crippen molar-refractivity contribution in [2.45, 2.75) is 32.0 Å². The Morgan fingerprint density at radius 3 is 2.53 bits per heavy atom. The molecule has 9 heteroatoms. The third-order valence-corrected chi connectivity index (χ3v) is 5.60. The maximum Gasteiger partial charge on any atom is 0.416 e. The molecule has 1 aromatic carbocycles. The zero-order chi connectivity index (χ0) is 22.9. The Morgan fingerprint density at radius 1 is 1.12 bits per heavy atom. The number of alkyl halides is 3. The minimum absolute atomic E-state index is 0.111. The molecule has 0 N–H and O–H groups in total. The number of carbonyl (C=O) groups is 1. The average molecular weight is 461 g/mol. The highest BCUT2D eigenvalue weighted by Gasteiger charge is 2.35. The van der Waals surface area contributed by atoms with Gasteiger partial charge in [0.1, 0.15) is 5.69 Å². The Balaban J connectivity index is 1.73. The van der Waals surface area contributed by atoms with Crippen LogP contribution in [-0.4, -0.2) is 32.3 Å². The van der Waals surface area contributed by atoms with Crippen molar-refractivity contribution in [3.05, 3.63) is 76.8 Å². The normalized spacial score (nSPS) is 14.8. The molecule has 0 aliphatic heterocycles. The number of hydrogen-bond acceptors (Lipinski definition) is 4. The van der Waals surface area contributed by atoms with Gasteiger partial charge in [-0.05, 0) is 56.0 Å². The molecule has 32 heavy (non-hydrogen) atoms. The number of amides is 1. The summed E-state index contributed by atoms with van der Waals surface area (Å²) in [5.41, 5.74) is 0.583. The zero-order valence-corrected chi connectivity index (χ0v) is 17.9. The van der Waals surface area contributed by atoms with Crippen molar-refractivity contribution < 1.29 is 18.0 Å². The van der Waals surface area contributed by atoms with Crippen molar-refractivity contribution in [3.63, 3.8) is 0 Å². The van der Waals surface area contributed by atoms with E-state index < -0.39 is 23.7 Å². The van der Waals surface area contributed by atoms with Gasteiger partial charge in [-0.3, -0.25) is 19.7 Å². The second kappa shape index (κ2) is 8.86. The van der Waals surface area contributed by atoms with Crippen molar-refractivity contribution in [2.24, 2.45) is 5.92 Å². The third-order valence-electron chi connectivity index (χ3n) is 5.38. The smallest absolute Gasteiger partial charge is 0.330 e. The van der Waals surface area contributed by atoms with E-state index in [0.29, 0.717) is 29.5 Å². The van der Waals surface area contributed by atoms with Gasteiger partial charge in [-0.25, -0.2) is 0 Å². The van der Waals surface area contributed by atoms with E-state index in [2.05, 4.69) is 15.0 Å². The summed E-state index contributed by atoms with van der Waals surface area (Å²) in [5, 5.41) is -0.143. The van der Waals surface area contributed by atoms with Crippen LogP contribution in [-0.2, 0) is 6.18 Å². The van der Waals surface area contributed by atoms with Crippen LogP contribution in [0.5, 0.6) is 0 Å². The van der Waals surface area contributed by atoms with E-state index in [-0.39, 0.29) is 10.6 Å². The fraction of sp³-hybridized carbons (Fsp3) is 0.304. The summed E-state index contributed by atoms with van der Waals surface area (Å²) in [6, 6.07) is 7.78. The number of halogens is 4. The van der Waals surface area contributed by atoms with E-state index >= 15 is 0 Å². The predicted octanol–water partition coefficient (Wildman–Crippen LogP) is 5.82. The molecule has 4 rings (SSSR count). The van der Waals surface area contributed by atoms with Gasteiger partial charge < -0.3 is 4.90 Å². The molecular weight excluding hydrogens is 441 g/mol. The van der Waals surface area contributed by atoms with Crippen molar-refractivity contribution in [2.75, 3.05) is 6.54 Å². The fourth-order valence-corrected chi connectivity index (χ4v) is 3.78. The third kappa shape index (κ3) is 4.91. The molecule has 1 aliphatic rings. The highest BCUT2D eigenvalue weighted by molar-refractivity contribution is 6.31. The average Bonchev–Trinajstić information content (AvgIpc) is 3.60. The van der Waals surface area contributed by atoms with E-state index in [0.717, 1.165) is 25.0 Å². The zero-order valence-electron chi connectivity index (χ0n) is 17.2. The highest BCUT2D eigenvalue weighted by Crippen LogP contribution is 2.36. The van der Waals surface area contributed by atoms with Crippen LogP contribution < -0.4 is 0 Å². The summed E-state index contributed by atoms with van der Waals surface area (Å²) >= 11 is 5.92. The lowest BCUT2D eigenvalue weighted by molar-refractivity contribution is -0.137. The summed E-state index contributed by atoms with van der Waals surface area (Å²) in [4.78, 5) is 28.2. The maximum atomic E-state index is 13.4. The summed E-state index contributed by atoms with van der Waals surface area (Å²) < 4.78 is 39.9. The molecule has 0 radical (unpaired) electrons. The van der Waals surface area contributed by atoms with Gasteiger partial charge in [0.05, 0.1) is 23.0 Å². The van der Waals surface area contributed by atoms with Crippen LogP contribution in [0, 0.1) is 5.92 Å². The van der Waals surface area contributed by atoms with Gasteiger partial charge in [-0.15, -0.1) is 0 Å². The van der Waals surface area contributed by atoms with Crippen LogP contribution in [0.4, 0.5) is 13.2 Å². The first-order valence-corrected chi connectivity index (χ1v) is 10.5. The molecule has 1 amide bonds. The van der Waals surface area contributed by atoms with Gasteiger partial charge in [-0.1, -0.05) is 17.7 Å². The number of hydrogen-bond donors (Lipinski definition) is 0. The molecule has 5 nitrogen and oxygen atoms in total. The Morgan fingerprint density at radius 2 is 1.88 bits per heavy atom. The van der Waals surface area contributed by atoms with Crippen LogP contribution in [0.1, 0.15) is 47.4 Å². The number of rotatable bonds is 6. The van der Waals surface area contributed by atoms with Crippen molar-refractivity contribution in [1.82, 2.24) is 19.9 Å². The molecule has 1 fully saturated rings. The lowest BCUT2D eigenvalue weighted by Gasteiger charge is -2.30. The fourth-order valence-electron chi connectivity index (χ4n) is 3.54. The van der Waals surface area contributed by atoms with Crippen molar-refractivity contribution in [1.29, 1.82) is 0 Å². The molecule has 0 bridgehead atoms. The summed E-state index contributed by atoms with van der Waals surface area (Å²) in [6.07, 6.45) is 2.03. The molecule has 0 spiro atoms. The first kappa shape index (κ1) is 22.2. The first-order chi connectivity index (χ1) is 15.2. The lowest BCUT2D eigenvalue weighted by Crippen LogP contribution is -2.36. The molecular formula is C23H20ClF3N4O. The van der Waals surface area contributed by atoms with E-state index in [9.17, 15) is 18.0 Å². The van der Waals surface area contributed by atoms with E-state index in [1.54, 1.807) is 36.4 Å². The number of carbonyl (C=O) groups excluding carboxylic acids is 1. The van der Waals surface area contributed by atoms with Crippen LogP contribution in [0.2, 0.25) is 5.02 Å². The second-order valence-electron chi connectivity index (χ2n) is 7.81. The molecule has 166 valence electrons. The van der Waals surface area contributed by atoms with Crippen molar-refractivity contribution >= 4 is 17.5 Å². The minimum Gasteiger partial charge on any atom is -0.330 e. The molecule has 1 unspecified atom stereocenters. The Kier molecular flexibility index (Phi) is 6.15. The van der Waals surface area contributed by atoms with Gasteiger partial charge in [0, 0.05) is 35.7 Å². The molecule has 3 aromatic rings. The molecule has 2 heterocycles. The summed E-state index contributed by atoms with van der Waals surface area (Å²) in [6.45, 7) is 2.21. The lowest BCUT2D eigenvalue weighted by atomic mass is 10.0. The quantitative estimate of drug-likeness (QED) is 0.464. The standard InChI is InChI=1S/C23H20ClF3N4O/c1-14(20-21(30-9-8-29-20)19-4-2-3-7-28-19)31(13-15-5-6-15)22(32)16-10-17(23(25,26)27)12-18(24)11-16/h2-4,7-12,14-15H,5-6,13H2,1H3. The SMILES string of the molecule is CC(c1nccnc1-c1ccccn1)N(CC1CC1)C(=O)c1cc(Cl)cc(C(F)(F)F)c1. The number of benzene rings is 1. The summed E-state index contributed by atoms with van der Waals surface area (Å²) in [7, 11) is 0. The van der Waals surface area contributed by atoms with Crippen LogP contribution in [0.15, 0.2) is 55.0 Å². The number of pyridine rings is 1. The molecule has 1 aliphatic carbocycles. The van der Waals surface area contributed by atoms with Gasteiger partial charge in [-0.2, -0.15) is 13.2 Å². The predicted molar refractivity (Wildman–Crippen MR) is 114 cm³/mol. The molecule has 2 aromatic heterocycles. The second-order valence-corrected chi connectivity index (χ2v) is 8.24. The Labute approximate surface area is 188 Å². The molecule has 0 saturated heterocycles. The van der Waals surface area contributed by atoms with E-state index in [4.69, 9.17) is 11.6 Å². The molecule has 1 atom stereocenters. The Bertz CT molecular complexity index is 1120. The van der Waals surface area contributed by atoms with Crippen LogP contribution in [0.3, 0.4) is 0 Å². The van der Waals surface area contributed by atoms with Gasteiger partial charge in [0.15, 0.2) is 0 Å². The van der Waals surface area contributed by atoms with E-state index in [1.807, 2.05) is 6.07 Å². The van der Waals surface area contributed by atoms with Crippen LogP contribution >= 0.6 is 11.6 Å². The first-order valence-electron chi connectivity index (χ1n) is 10.1. The van der Waals surface area contributed by atoms with E-state index in [1.165, 1.54) is 12.3 Å². The van der Waals surface area contributed by atoms with Gasteiger partial charge >= 0.3 is 6.18 Å². The largest absolute Gasteiger partial charge is 0.416 e. The van der Waals surface area contributed by atoms with Gasteiger partial charge in [0.2, 0.25) is 0 Å². The van der Waals surface area contributed by atoms with Crippen molar-refractivity contribution in [3.8, 4) is 11.4 Å². The monoisotopic (exact) mass is 460 g/mol.